The Bertz CT molecular complexity index is 998. The van der Waals surface area contributed by atoms with Crippen molar-refractivity contribution in [1.29, 1.82) is 0 Å². The summed E-state index contributed by atoms with van der Waals surface area (Å²) in [5.74, 6) is 0.888. The Labute approximate surface area is 189 Å². The van der Waals surface area contributed by atoms with Crippen LogP contribution in [0, 0.1) is 0 Å². The molecule has 0 radical (unpaired) electrons. The third-order valence-electron chi connectivity index (χ3n) is 4.86. The average Bonchev–Trinajstić information content (AvgIpc) is 3.28. The summed E-state index contributed by atoms with van der Waals surface area (Å²) in [5, 5.41) is 0. The van der Waals surface area contributed by atoms with Gasteiger partial charge >= 0.3 is 0 Å². The van der Waals surface area contributed by atoms with Gasteiger partial charge in [0, 0.05) is 37.1 Å². The van der Waals surface area contributed by atoms with E-state index in [1.54, 1.807) is 25.2 Å². The highest BCUT2D eigenvalue weighted by molar-refractivity contribution is 6.02. The number of hydrogen-bond acceptors (Lipinski definition) is 5. The van der Waals surface area contributed by atoms with Crippen LogP contribution in [0.1, 0.15) is 42.6 Å². The molecule has 0 N–H and O–H groups in total. The fourth-order valence-corrected chi connectivity index (χ4v) is 3.34. The average molecular weight is 435 g/mol. The summed E-state index contributed by atoms with van der Waals surface area (Å²) >= 11 is 0. The lowest BCUT2D eigenvalue weighted by atomic mass is 10.1. The number of carbonyl (C=O) groups excluding carboxylic acids is 2. The second kappa shape index (κ2) is 11.2. The Hall–Kier alpha value is -3.54. The molecule has 6 heteroatoms. The van der Waals surface area contributed by atoms with E-state index in [1.165, 1.54) is 11.3 Å². The Morgan fingerprint density at radius 2 is 1.75 bits per heavy atom. The fourth-order valence-electron chi connectivity index (χ4n) is 3.34. The van der Waals surface area contributed by atoms with E-state index in [4.69, 9.17) is 9.47 Å². The summed E-state index contributed by atoms with van der Waals surface area (Å²) in [4.78, 5) is 28.9. The Kier molecular flexibility index (Phi) is 8.08. The zero-order valence-corrected chi connectivity index (χ0v) is 18.9. The standard InChI is InChI=1S/C23H22N2O4.C3H8/c1-24(15-20(26)18-9-10-21-22(12-18)29-16-28-21)23(27)19-8-5-11-25(14-19)13-17-6-3-2-4-7-17;1-3-2/h2-7,9-12,14H,8,13,15-16H2,1H3;3H2,1-2H3. The van der Waals surface area contributed by atoms with Crippen molar-refractivity contribution in [3.8, 4) is 11.5 Å². The van der Waals surface area contributed by atoms with Crippen LogP contribution in [0.5, 0.6) is 11.5 Å². The van der Waals surface area contributed by atoms with E-state index in [0.717, 1.165) is 5.56 Å². The first-order valence-electron chi connectivity index (χ1n) is 10.9. The molecule has 0 aliphatic carbocycles. The molecule has 2 heterocycles. The van der Waals surface area contributed by atoms with E-state index >= 15 is 0 Å². The van der Waals surface area contributed by atoms with Gasteiger partial charge in [-0.15, -0.1) is 0 Å². The van der Waals surface area contributed by atoms with E-state index in [-0.39, 0.29) is 25.0 Å². The quantitative estimate of drug-likeness (QED) is 0.613. The number of rotatable bonds is 6. The molecule has 0 saturated heterocycles. The SMILES string of the molecule is CCC.CN(CC(=O)c1ccc2c(c1)OCO2)C(=O)C1=CN(Cc2ccccc2)C=CC1. The van der Waals surface area contributed by atoms with E-state index < -0.39 is 0 Å². The van der Waals surface area contributed by atoms with Crippen molar-refractivity contribution in [2.75, 3.05) is 20.4 Å². The molecule has 2 aliphatic heterocycles. The molecule has 0 unspecified atom stereocenters. The van der Waals surface area contributed by atoms with Crippen molar-refractivity contribution in [2.45, 2.75) is 33.2 Å². The van der Waals surface area contributed by atoms with Crippen molar-refractivity contribution in [1.82, 2.24) is 9.80 Å². The van der Waals surface area contributed by atoms with E-state index in [9.17, 15) is 9.59 Å². The lowest BCUT2D eigenvalue weighted by molar-refractivity contribution is -0.125. The van der Waals surface area contributed by atoms with Crippen molar-refractivity contribution in [3.63, 3.8) is 0 Å². The van der Waals surface area contributed by atoms with Gasteiger partial charge in [0.15, 0.2) is 17.3 Å². The maximum atomic E-state index is 12.9. The zero-order valence-electron chi connectivity index (χ0n) is 18.9. The van der Waals surface area contributed by atoms with Gasteiger partial charge in [-0.05, 0) is 30.2 Å². The molecule has 1 amide bonds. The summed E-state index contributed by atoms with van der Waals surface area (Å²) < 4.78 is 10.6. The van der Waals surface area contributed by atoms with Gasteiger partial charge in [0.25, 0.3) is 5.91 Å². The first kappa shape index (κ1) is 23.1. The molecule has 2 aliphatic rings. The minimum atomic E-state index is -0.151. The number of fused-ring (bicyclic) bond motifs is 1. The largest absolute Gasteiger partial charge is 0.454 e. The number of nitrogens with zero attached hydrogens (tertiary/aromatic N) is 2. The number of hydrogen-bond donors (Lipinski definition) is 0. The van der Waals surface area contributed by atoms with Crippen LogP contribution in [0.4, 0.5) is 0 Å². The number of Topliss-reactive ketones (excluding diaryl/α,β-unsaturated/α-hetero) is 1. The molecule has 0 fully saturated rings. The van der Waals surface area contributed by atoms with Crippen LogP contribution in [0.15, 0.2) is 72.6 Å². The topological polar surface area (TPSA) is 59.1 Å². The smallest absolute Gasteiger partial charge is 0.251 e. The number of ketones is 1. The number of amides is 1. The number of carbonyl (C=O) groups is 2. The van der Waals surface area contributed by atoms with Crippen LogP contribution in [-0.2, 0) is 11.3 Å². The second-order valence-electron chi connectivity index (χ2n) is 7.76. The summed E-state index contributed by atoms with van der Waals surface area (Å²) in [5.41, 5.74) is 2.31. The van der Waals surface area contributed by atoms with Crippen molar-refractivity contribution >= 4 is 11.7 Å². The van der Waals surface area contributed by atoms with Crippen molar-refractivity contribution in [3.05, 3.63) is 83.7 Å². The highest BCUT2D eigenvalue weighted by atomic mass is 16.7. The van der Waals surface area contributed by atoms with Crippen LogP contribution in [0.3, 0.4) is 0 Å². The molecular formula is C26H30N2O4. The van der Waals surface area contributed by atoms with Gasteiger partial charge in [-0.3, -0.25) is 9.59 Å². The summed E-state index contributed by atoms with van der Waals surface area (Å²) in [6.07, 6.45) is 7.59. The summed E-state index contributed by atoms with van der Waals surface area (Å²) in [7, 11) is 1.65. The molecule has 2 aromatic carbocycles. The van der Waals surface area contributed by atoms with Gasteiger partial charge in [0.1, 0.15) is 0 Å². The van der Waals surface area contributed by atoms with Crippen molar-refractivity contribution < 1.29 is 19.1 Å². The van der Waals surface area contributed by atoms with Crippen molar-refractivity contribution in [2.24, 2.45) is 0 Å². The number of ether oxygens (including phenoxy) is 2. The maximum Gasteiger partial charge on any atom is 0.251 e. The highest BCUT2D eigenvalue weighted by Gasteiger charge is 2.21. The molecule has 168 valence electrons. The Morgan fingerprint density at radius 1 is 1.03 bits per heavy atom. The van der Waals surface area contributed by atoms with E-state index in [0.29, 0.717) is 35.6 Å². The second-order valence-corrected chi connectivity index (χ2v) is 7.76. The van der Waals surface area contributed by atoms with Gasteiger partial charge < -0.3 is 19.3 Å². The summed E-state index contributed by atoms with van der Waals surface area (Å²) in [6, 6.07) is 15.1. The molecule has 0 atom stereocenters. The minimum absolute atomic E-state index is 0.00177. The zero-order chi connectivity index (χ0) is 22.9. The molecule has 0 aromatic heterocycles. The van der Waals surface area contributed by atoms with Gasteiger partial charge in [-0.25, -0.2) is 0 Å². The monoisotopic (exact) mass is 434 g/mol. The molecular weight excluding hydrogens is 404 g/mol. The third-order valence-corrected chi connectivity index (χ3v) is 4.86. The molecule has 0 spiro atoms. The predicted octanol–water partition coefficient (Wildman–Crippen LogP) is 4.78. The Morgan fingerprint density at radius 3 is 2.50 bits per heavy atom. The van der Waals surface area contributed by atoms with Gasteiger partial charge in [-0.1, -0.05) is 56.7 Å². The maximum absolute atomic E-state index is 12.9. The van der Waals surface area contributed by atoms with Gasteiger partial charge in [-0.2, -0.15) is 0 Å². The molecule has 4 rings (SSSR count). The van der Waals surface area contributed by atoms with Gasteiger partial charge in [0.05, 0.1) is 6.54 Å². The number of likely N-dealkylation sites (N-methyl/N-ethyl adjacent to an activating group) is 1. The number of allylic oxidation sites excluding steroid dienone is 1. The van der Waals surface area contributed by atoms with E-state index in [2.05, 4.69) is 13.8 Å². The lowest BCUT2D eigenvalue weighted by Gasteiger charge is -2.24. The van der Waals surface area contributed by atoms with Crippen LogP contribution < -0.4 is 9.47 Å². The van der Waals surface area contributed by atoms with Crippen LogP contribution in [-0.4, -0.2) is 41.9 Å². The normalized spacial score (nSPS) is 13.7. The first-order valence-corrected chi connectivity index (χ1v) is 10.9. The Balaban J connectivity index is 0.000000913. The van der Waals surface area contributed by atoms with Gasteiger partial charge in [0.2, 0.25) is 6.79 Å². The van der Waals surface area contributed by atoms with E-state index in [1.807, 2.05) is 53.7 Å². The minimum Gasteiger partial charge on any atom is -0.454 e. The van der Waals surface area contributed by atoms with Crippen LogP contribution in [0.25, 0.3) is 0 Å². The first-order chi connectivity index (χ1) is 15.5. The van der Waals surface area contributed by atoms with Crippen LogP contribution in [0.2, 0.25) is 0 Å². The molecule has 0 bridgehead atoms. The molecule has 6 nitrogen and oxygen atoms in total. The fraction of sp³-hybridized carbons (Fsp3) is 0.308. The number of benzene rings is 2. The third kappa shape index (κ3) is 6.00. The predicted molar refractivity (Wildman–Crippen MR) is 124 cm³/mol. The lowest BCUT2D eigenvalue weighted by Crippen LogP contribution is -2.34. The summed E-state index contributed by atoms with van der Waals surface area (Å²) in [6.45, 7) is 5.10. The highest BCUT2D eigenvalue weighted by Crippen LogP contribution is 2.32. The molecule has 0 saturated carbocycles. The molecule has 2 aromatic rings. The molecule has 32 heavy (non-hydrogen) atoms. The van der Waals surface area contributed by atoms with Crippen LogP contribution >= 0.6 is 0 Å².